The van der Waals surface area contributed by atoms with Crippen LogP contribution in [-0.2, 0) is 0 Å². The van der Waals surface area contributed by atoms with E-state index in [1.165, 1.54) is 35.7 Å². The number of nitrogens with one attached hydrogen (secondary N) is 1. The van der Waals surface area contributed by atoms with Crippen LogP contribution in [0.15, 0.2) is 28.7 Å². The molecular formula is C15H22BrN. The molecule has 0 aromatic heterocycles. The maximum Gasteiger partial charge on any atom is 0.0303 e. The fourth-order valence-electron chi connectivity index (χ4n) is 2.64. The molecule has 1 atom stereocenters. The number of hydrogen-bond acceptors (Lipinski definition) is 1. The molecule has 0 radical (unpaired) electrons. The van der Waals surface area contributed by atoms with Crippen LogP contribution in [0.4, 0.5) is 0 Å². The first-order chi connectivity index (χ1) is 8.17. The first kappa shape index (κ1) is 13.1. The highest BCUT2D eigenvalue weighted by molar-refractivity contribution is 9.10. The van der Waals surface area contributed by atoms with Gasteiger partial charge in [0.1, 0.15) is 0 Å². The minimum absolute atomic E-state index is 0.426. The lowest BCUT2D eigenvalue weighted by Crippen LogP contribution is -2.40. The first-order valence-corrected chi connectivity index (χ1v) is 7.44. The zero-order chi connectivity index (χ0) is 12.3. The van der Waals surface area contributed by atoms with Crippen molar-refractivity contribution in [2.24, 2.45) is 5.41 Å². The second-order valence-electron chi connectivity index (χ2n) is 5.33. The molecule has 0 saturated heterocycles. The van der Waals surface area contributed by atoms with Crippen molar-refractivity contribution in [3.8, 4) is 0 Å². The van der Waals surface area contributed by atoms with E-state index in [1.54, 1.807) is 0 Å². The van der Waals surface area contributed by atoms with Crippen molar-refractivity contribution < 1.29 is 0 Å². The van der Waals surface area contributed by atoms with Crippen molar-refractivity contribution in [1.29, 1.82) is 0 Å². The largest absolute Gasteiger partial charge is 0.310 e. The Hall–Kier alpha value is -0.340. The summed E-state index contributed by atoms with van der Waals surface area (Å²) in [6.45, 7) is 5.73. The summed E-state index contributed by atoms with van der Waals surface area (Å²) in [7, 11) is 0. The van der Waals surface area contributed by atoms with E-state index in [9.17, 15) is 0 Å². The minimum atomic E-state index is 0.426. The highest BCUT2D eigenvalue weighted by Gasteiger charge is 2.34. The molecule has 0 spiro atoms. The van der Waals surface area contributed by atoms with E-state index in [1.807, 2.05) is 0 Å². The average molecular weight is 296 g/mol. The fraction of sp³-hybridized carbons (Fsp3) is 0.600. The van der Waals surface area contributed by atoms with Crippen LogP contribution in [-0.4, -0.2) is 6.54 Å². The van der Waals surface area contributed by atoms with Crippen LogP contribution >= 0.6 is 15.9 Å². The van der Waals surface area contributed by atoms with Crippen molar-refractivity contribution in [3.05, 3.63) is 34.3 Å². The van der Waals surface area contributed by atoms with Crippen LogP contribution in [0.25, 0.3) is 0 Å². The minimum Gasteiger partial charge on any atom is -0.310 e. The van der Waals surface area contributed by atoms with Crippen LogP contribution < -0.4 is 5.32 Å². The van der Waals surface area contributed by atoms with Crippen molar-refractivity contribution >= 4 is 15.9 Å². The van der Waals surface area contributed by atoms with Crippen molar-refractivity contribution in [2.75, 3.05) is 6.54 Å². The molecule has 1 aromatic rings. The van der Waals surface area contributed by atoms with Crippen molar-refractivity contribution in [1.82, 2.24) is 5.32 Å². The van der Waals surface area contributed by atoms with Crippen LogP contribution in [0, 0.1) is 5.41 Å². The number of halogens is 1. The maximum absolute atomic E-state index is 3.70. The van der Waals surface area contributed by atoms with E-state index in [4.69, 9.17) is 0 Å². The highest BCUT2D eigenvalue weighted by atomic mass is 79.9. The van der Waals surface area contributed by atoms with E-state index >= 15 is 0 Å². The zero-order valence-electron chi connectivity index (χ0n) is 10.8. The third-order valence-electron chi connectivity index (χ3n) is 4.32. The van der Waals surface area contributed by atoms with E-state index < -0.39 is 0 Å². The predicted octanol–water partition coefficient (Wildman–Crippen LogP) is 4.68. The summed E-state index contributed by atoms with van der Waals surface area (Å²) in [5.74, 6) is 0. The Kier molecular flexibility index (Phi) is 4.26. The number of benzene rings is 1. The quantitative estimate of drug-likeness (QED) is 0.832. The summed E-state index contributed by atoms with van der Waals surface area (Å²) in [5, 5.41) is 3.70. The molecule has 1 unspecified atom stereocenters. The van der Waals surface area contributed by atoms with Crippen LogP contribution in [0.3, 0.4) is 0 Å². The topological polar surface area (TPSA) is 12.0 Å². The Morgan fingerprint density at radius 3 is 2.59 bits per heavy atom. The lowest BCUT2D eigenvalue weighted by molar-refractivity contribution is 0.120. The molecule has 1 aliphatic rings. The Balaban J connectivity index is 1.93. The van der Waals surface area contributed by atoms with Gasteiger partial charge in [-0.1, -0.05) is 47.5 Å². The number of hydrogen-bond donors (Lipinski definition) is 1. The van der Waals surface area contributed by atoms with E-state index in [0.29, 0.717) is 11.5 Å². The molecule has 1 aliphatic carbocycles. The van der Waals surface area contributed by atoms with Gasteiger partial charge < -0.3 is 5.32 Å². The molecule has 2 rings (SSSR count). The van der Waals surface area contributed by atoms with Crippen LogP contribution in [0.1, 0.15) is 51.1 Å². The maximum atomic E-state index is 3.70. The third-order valence-corrected chi connectivity index (χ3v) is 5.04. The van der Waals surface area contributed by atoms with Crippen LogP contribution in [0.2, 0.25) is 0 Å². The summed E-state index contributed by atoms with van der Waals surface area (Å²) < 4.78 is 1.21. The summed E-state index contributed by atoms with van der Waals surface area (Å²) >= 11 is 3.63. The molecule has 1 fully saturated rings. The Morgan fingerprint density at radius 2 is 2.06 bits per heavy atom. The van der Waals surface area contributed by atoms with E-state index in [-0.39, 0.29) is 0 Å². The molecule has 0 amide bonds. The molecule has 0 bridgehead atoms. The molecule has 0 aliphatic heterocycles. The lowest BCUT2D eigenvalue weighted by Gasteiger charge is -2.42. The van der Waals surface area contributed by atoms with Gasteiger partial charge in [0, 0.05) is 17.1 Å². The van der Waals surface area contributed by atoms with Gasteiger partial charge in [0.25, 0.3) is 0 Å². The average Bonchev–Trinajstić information content (AvgIpc) is 2.28. The molecule has 94 valence electrons. The second-order valence-corrected chi connectivity index (χ2v) is 6.19. The molecule has 17 heavy (non-hydrogen) atoms. The molecule has 0 heterocycles. The monoisotopic (exact) mass is 295 g/mol. The van der Waals surface area contributed by atoms with Gasteiger partial charge in [0.05, 0.1) is 0 Å². The number of rotatable bonds is 5. The fourth-order valence-corrected chi connectivity index (χ4v) is 3.27. The van der Waals surface area contributed by atoms with Gasteiger partial charge in [-0.15, -0.1) is 0 Å². The van der Waals surface area contributed by atoms with E-state index in [0.717, 1.165) is 6.54 Å². The van der Waals surface area contributed by atoms with Crippen molar-refractivity contribution in [3.63, 3.8) is 0 Å². The summed E-state index contributed by atoms with van der Waals surface area (Å²) in [6.07, 6.45) is 5.53. The zero-order valence-corrected chi connectivity index (χ0v) is 12.4. The van der Waals surface area contributed by atoms with Gasteiger partial charge >= 0.3 is 0 Å². The first-order valence-electron chi connectivity index (χ1n) is 6.65. The Labute approximate surface area is 113 Å². The van der Waals surface area contributed by atoms with Gasteiger partial charge in [-0.05, 0) is 43.2 Å². The predicted molar refractivity (Wildman–Crippen MR) is 77.1 cm³/mol. The van der Waals surface area contributed by atoms with E-state index in [2.05, 4.69) is 59.4 Å². The smallest absolute Gasteiger partial charge is 0.0303 e. The van der Waals surface area contributed by atoms with Crippen molar-refractivity contribution in [2.45, 2.75) is 45.6 Å². The third kappa shape index (κ3) is 2.92. The molecule has 1 aromatic carbocycles. The summed E-state index contributed by atoms with van der Waals surface area (Å²) in [5.41, 5.74) is 1.95. The highest BCUT2D eigenvalue weighted by Crippen LogP contribution is 2.43. The SMILES string of the molecule is CCC1(CNC(C)c2ccccc2Br)CCC1. The molecule has 1 saturated carbocycles. The summed E-state index contributed by atoms with van der Waals surface area (Å²) in [4.78, 5) is 0. The van der Waals surface area contributed by atoms with Crippen LogP contribution in [0.5, 0.6) is 0 Å². The normalized spacial score (nSPS) is 19.7. The van der Waals surface area contributed by atoms with Gasteiger partial charge in [-0.3, -0.25) is 0 Å². The second kappa shape index (κ2) is 5.53. The standard InChI is InChI=1S/C15H22BrN/c1-3-15(9-6-10-15)11-17-12(2)13-7-4-5-8-14(13)16/h4-5,7-8,12,17H,3,6,9-11H2,1-2H3. The van der Waals surface area contributed by atoms with Gasteiger partial charge in [-0.2, -0.15) is 0 Å². The van der Waals surface area contributed by atoms with Gasteiger partial charge in [0.15, 0.2) is 0 Å². The Bertz CT molecular complexity index is 365. The van der Waals surface area contributed by atoms with Gasteiger partial charge in [0.2, 0.25) is 0 Å². The molecular weight excluding hydrogens is 274 g/mol. The Morgan fingerprint density at radius 1 is 1.35 bits per heavy atom. The molecule has 1 N–H and O–H groups in total. The molecule has 1 nitrogen and oxygen atoms in total. The lowest BCUT2D eigenvalue weighted by atomic mass is 9.67. The summed E-state index contributed by atoms with van der Waals surface area (Å²) in [6, 6.07) is 8.92. The molecule has 2 heteroatoms. The van der Waals surface area contributed by atoms with Gasteiger partial charge in [-0.25, -0.2) is 0 Å².